The molecule has 1 rings (SSSR count). The Labute approximate surface area is 105 Å². The molecule has 0 amide bonds. The zero-order valence-corrected chi connectivity index (χ0v) is 11.3. The van der Waals surface area contributed by atoms with Gasteiger partial charge in [0.15, 0.2) is 0 Å². The second kappa shape index (κ2) is 8.07. The Balaban J connectivity index is 2.50. The van der Waals surface area contributed by atoms with Gasteiger partial charge in [0.05, 0.1) is 6.61 Å². The third kappa shape index (κ3) is 5.68. The molecule has 1 aromatic rings. The molecule has 3 heteroatoms. The molecule has 0 bridgehead atoms. The first kappa shape index (κ1) is 14.0. The van der Waals surface area contributed by atoms with Crippen molar-refractivity contribution in [1.82, 2.24) is 10.3 Å². The maximum Gasteiger partial charge on any atom is 0.213 e. The summed E-state index contributed by atoms with van der Waals surface area (Å²) in [5.74, 6) is 0.758. The Hall–Kier alpha value is -1.09. The molecule has 0 radical (unpaired) electrons. The smallest absolute Gasteiger partial charge is 0.213 e. The van der Waals surface area contributed by atoms with Crippen molar-refractivity contribution in [2.24, 2.45) is 0 Å². The summed E-state index contributed by atoms with van der Waals surface area (Å²) in [4.78, 5) is 4.39. The SMILES string of the molecule is CCCCCOc1cc(CNCC)cc(C)n1. The largest absolute Gasteiger partial charge is 0.478 e. The molecule has 0 aliphatic carbocycles. The molecule has 0 atom stereocenters. The van der Waals surface area contributed by atoms with Gasteiger partial charge in [-0.15, -0.1) is 0 Å². The monoisotopic (exact) mass is 236 g/mol. The molecule has 0 fully saturated rings. The van der Waals surface area contributed by atoms with E-state index in [2.05, 4.69) is 30.2 Å². The summed E-state index contributed by atoms with van der Waals surface area (Å²) in [6.07, 6.45) is 3.54. The topological polar surface area (TPSA) is 34.1 Å². The lowest BCUT2D eigenvalue weighted by atomic mass is 10.2. The molecule has 0 aromatic carbocycles. The van der Waals surface area contributed by atoms with Gasteiger partial charge in [0.25, 0.3) is 0 Å². The Morgan fingerprint density at radius 2 is 2.06 bits per heavy atom. The van der Waals surface area contributed by atoms with Gasteiger partial charge in [-0.1, -0.05) is 26.7 Å². The van der Waals surface area contributed by atoms with Gasteiger partial charge >= 0.3 is 0 Å². The molecule has 0 aliphatic rings. The maximum absolute atomic E-state index is 5.67. The number of pyridine rings is 1. The van der Waals surface area contributed by atoms with Crippen LogP contribution in [-0.4, -0.2) is 18.1 Å². The second-order valence-corrected chi connectivity index (χ2v) is 4.29. The zero-order valence-electron chi connectivity index (χ0n) is 11.3. The summed E-state index contributed by atoms with van der Waals surface area (Å²) in [5.41, 5.74) is 2.26. The van der Waals surface area contributed by atoms with Crippen LogP contribution >= 0.6 is 0 Å². The average Bonchev–Trinajstić information content (AvgIpc) is 2.31. The first-order chi connectivity index (χ1) is 8.26. The highest BCUT2D eigenvalue weighted by molar-refractivity contribution is 5.24. The number of unbranched alkanes of at least 4 members (excludes halogenated alkanes) is 2. The molecule has 0 unspecified atom stereocenters. The van der Waals surface area contributed by atoms with Crippen molar-refractivity contribution < 1.29 is 4.74 Å². The van der Waals surface area contributed by atoms with Crippen LogP contribution in [0.2, 0.25) is 0 Å². The molecular formula is C14H24N2O. The average molecular weight is 236 g/mol. The lowest BCUT2D eigenvalue weighted by Crippen LogP contribution is -2.12. The fraction of sp³-hybridized carbons (Fsp3) is 0.643. The summed E-state index contributed by atoms with van der Waals surface area (Å²) in [7, 11) is 0. The van der Waals surface area contributed by atoms with Gasteiger partial charge in [-0.3, -0.25) is 0 Å². The van der Waals surface area contributed by atoms with Crippen LogP contribution in [0.4, 0.5) is 0 Å². The van der Waals surface area contributed by atoms with E-state index in [4.69, 9.17) is 4.74 Å². The van der Waals surface area contributed by atoms with E-state index in [1.807, 2.05) is 13.0 Å². The minimum Gasteiger partial charge on any atom is -0.478 e. The van der Waals surface area contributed by atoms with Crippen LogP contribution < -0.4 is 10.1 Å². The van der Waals surface area contributed by atoms with Crippen molar-refractivity contribution in [3.63, 3.8) is 0 Å². The van der Waals surface area contributed by atoms with Crippen molar-refractivity contribution in [3.05, 3.63) is 23.4 Å². The number of nitrogens with zero attached hydrogens (tertiary/aromatic N) is 1. The highest BCUT2D eigenvalue weighted by Crippen LogP contribution is 2.13. The Kier molecular flexibility index (Phi) is 6.63. The normalized spacial score (nSPS) is 10.5. The van der Waals surface area contributed by atoms with E-state index in [1.165, 1.54) is 18.4 Å². The summed E-state index contributed by atoms with van der Waals surface area (Å²) >= 11 is 0. The molecule has 0 spiro atoms. The van der Waals surface area contributed by atoms with E-state index in [0.717, 1.165) is 37.7 Å². The van der Waals surface area contributed by atoms with E-state index in [0.29, 0.717) is 0 Å². The highest BCUT2D eigenvalue weighted by atomic mass is 16.5. The Morgan fingerprint density at radius 3 is 2.76 bits per heavy atom. The first-order valence-electron chi connectivity index (χ1n) is 6.57. The minimum absolute atomic E-state index is 0.758. The van der Waals surface area contributed by atoms with E-state index in [9.17, 15) is 0 Å². The van der Waals surface area contributed by atoms with Gasteiger partial charge in [-0.25, -0.2) is 4.98 Å². The molecule has 0 saturated heterocycles. The van der Waals surface area contributed by atoms with Crippen LogP contribution in [0.1, 0.15) is 44.4 Å². The quantitative estimate of drug-likeness (QED) is 0.704. The number of nitrogens with one attached hydrogen (secondary N) is 1. The summed E-state index contributed by atoms with van der Waals surface area (Å²) < 4.78 is 5.67. The van der Waals surface area contributed by atoms with Crippen LogP contribution in [0.3, 0.4) is 0 Å². The van der Waals surface area contributed by atoms with Crippen molar-refractivity contribution in [2.75, 3.05) is 13.2 Å². The van der Waals surface area contributed by atoms with Gasteiger partial charge in [0.1, 0.15) is 0 Å². The highest BCUT2D eigenvalue weighted by Gasteiger charge is 2.01. The lowest BCUT2D eigenvalue weighted by molar-refractivity contribution is 0.294. The third-order valence-electron chi connectivity index (χ3n) is 2.57. The van der Waals surface area contributed by atoms with E-state index < -0.39 is 0 Å². The minimum atomic E-state index is 0.758. The standard InChI is InChI=1S/C14H24N2O/c1-4-6-7-8-17-14-10-13(11-15-5-2)9-12(3)16-14/h9-10,15H,4-8,11H2,1-3H3. The van der Waals surface area contributed by atoms with Crippen LogP contribution in [0.5, 0.6) is 5.88 Å². The number of ether oxygens (including phenoxy) is 1. The molecule has 1 N–H and O–H groups in total. The number of aryl methyl sites for hydroxylation is 1. The summed E-state index contributed by atoms with van der Waals surface area (Å²) in [6.45, 7) is 8.94. The van der Waals surface area contributed by atoms with Gasteiger partial charge in [-0.2, -0.15) is 0 Å². The van der Waals surface area contributed by atoms with Crippen molar-refractivity contribution >= 4 is 0 Å². The van der Waals surface area contributed by atoms with Crippen LogP contribution in [0.25, 0.3) is 0 Å². The summed E-state index contributed by atoms with van der Waals surface area (Å²) in [5, 5.41) is 3.31. The van der Waals surface area contributed by atoms with E-state index >= 15 is 0 Å². The fourth-order valence-electron chi connectivity index (χ4n) is 1.68. The lowest BCUT2D eigenvalue weighted by Gasteiger charge is -2.08. The van der Waals surface area contributed by atoms with Gasteiger partial charge in [-0.05, 0) is 31.5 Å². The zero-order chi connectivity index (χ0) is 12.5. The van der Waals surface area contributed by atoms with Gasteiger partial charge in [0, 0.05) is 18.3 Å². The fourth-order valence-corrected chi connectivity index (χ4v) is 1.68. The summed E-state index contributed by atoms with van der Waals surface area (Å²) in [6, 6.07) is 4.13. The van der Waals surface area contributed by atoms with Crippen LogP contribution in [-0.2, 0) is 6.54 Å². The Bertz CT molecular complexity index is 326. The molecule has 0 saturated carbocycles. The maximum atomic E-state index is 5.67. The van der Waals surface area contributed by atoms with Crippen LogP contribution in [0.15, 0.2) is 12.1 Å². The van der Waals surface area contributed by atoms with Gasteiger partial charge in [0.2, 0.25) is 5.88 Å². The molecule has 1 aromatic heterocycles. The molecule has 96 valence electrons. The predicted octanol–water partition coefficient (Wildman–Crippen LogP) is 3.07. The number of aromatic nitrogens is 1. The number of hydrogen-bond donors (Lipinski definition) is 1. The number of rotatable bonds is 8. The molecule has 0 aliphatic heterocycles. The first-order valence-corrected chi connectivity index (χ1v) is 6.57. The second-order valence-electron chi connectivity index (χ2n) is 4.29. The van der Waals surface area contributed by atoms with Crippen LogP contribution in [0, 0.1) is 6.92 Å². The number of hydrogen-bond acceptors (Lipinski definition) is 3. The van der Waals surface area contributed by atoms with Gasteiger partial charge < -0.3 is 10.1 Å². The molecular weight excluding hydrogens is 212 g/mol. The van der Waals surface area contributed by atoms with Crippen molar-refractivity contribution in [1.29, 1.82) is 0 Å². The predicted molar refractivity (Wildman–Crippen MR) is 71.4 cm³/mol. The molecule has 1 heterocycles. The van der Waals surface area contributed by atoms with E-state index in [1.54, 1.807) is 0 Å². The van der Waals surface area contributed by atoms with Crippen molar-refractivity contribution in [2.45, 2.75) is 46.6 Å². The Morgan fingerprint density at radius 1 is 1.24 bits per heavy atom. The van der Waals surface area contributed by atoms with E-state index in [-0.39, 0.29) is 0 Å². The molecule has 3 nitrogen and oxygen atoms in total. The van der Waals surface area contributed by atoms with Crippen molar-refractivity contribution in [3.8, 4) is 5.88 Å². The third-order valence-corrected chi connectivity index (χ3v) is 2.57. The molecule has 17 heavy (non-hydrogen) atoms.